The zero-order chi connectivity index (χ0) is 14.5. The van der Waals surface area contributed by atoms with E-state index in [0.29, 0.717) is 5.56 Å². The van der Waals surface area contributed by atoms with Gasteiger partial charge < -0.3 is 10.6 Å². The fraction of sp³-hybridized carbons (Fsp3) is 0.273. The highest BCUT2D eigenvalue weighted by molar-refractivity contribution is 5.87. The van der Waals surface area contributed by atoms with E-state index in [9.17, 15) is 27.2 Å². The van der Waals surface area contributed by atoms with Gasteiger partial charge in [-0.1, -0.05) is 12.1 Å². The Balaban J connectivity index is 2.32. The lowest BCUT2D eigenvalue weighted by Crippen LogP contribution is -2.42. The minimum Gasteiger partial charge on any atom is -0.350 e. The first-order chi connectivity index (χ1) is 8.79. The van der Waals surface area contributed by atoms with E-state index < -0.39 is 30.4 Å². The Kier molecular flexibility index (Phi) is 4.85. The van der Waals surface area contributed by atoms with Crippen molar-refractivity contribution in [2.24, 2.45) is 0 Å². The lowest BCUT2D eigenvalue weighted by Gasteiger charge is -2.08. The van der Waals surface area contributed by atoms with Crippen LogP contribution in [-0.2, 0) is 16.1 Å². The molecular weight excluding hydrogens is 268 g/mol. The Morgan fingerprint density at radius 3 is 2.16 bits per heavy atom. The van der Waals surface area contributed by atoms with Gasteiger partial charge in [-0.3, -0.25) is 9.59 Å². The molecule has 0 radical (unpaired) electrons. The number of carbonyl (C=O) groups excluding carboxylic acids is 2. The minimum absolute atomic E-state index is 0.0288. The second-order valence-corrected chi connectivity index (χ2v) is 3.58. The largest absolute Gasteiger partial charge is 0.471 e. The third-order valence-electron chi connectivity index (χ3n) is 2.07. The van der Waals surface area contributed by atoms with Gasteiger partial charge in [-0.15, -0.1) is 0 Å². The molecule has 19 heavy (non-hydrogen) atoms. The van der Waals surface area contributed by atoms with Crippen molar-refractivity contribution >= 4 is 11.8 Å². The van der Waals surface area contributed by atoms with Crippen LogP contribution in [0.2, 0.25) is 0 Å². The minimum atomic E-state index is -5.02. The predicted molar refractivity (Wildman–Crippen MR) is 57.3 cm³/mol. The molecule has 0 heterocycles. The van der Waals surface area contributed by atoms with Crippen molar-refractivity contribution in [1.82, 2.24) is 10.6 Å². The van der Waals surface area contributed by atoms with Crippen LogP contribution in [0.3, 0.4) is 0 Å². The average molecular weight is 278 g/mol. The summed E-state index contributed by atoms with van der Waals surface area (Å²) in [6.07, 6.45) is -5.02. The third-order valence-corrected chi connectivity index (χ3v) is 2.07. The molecule has 2 amide bonds. The Labute approximate surface area is 105 Å². The Morgan fingerprint density at radius 1 is 1.05 bits per heavy atom. The molecule has 0 unspecified atom stereocenters. The van der Waals surface area contributed by atoms with Crippen molar-refractivity contribution in [1.29, 1.82) is 0 Å². The molecule has 1 aromatic carbocycles. The summed E-state index contributed by atoms with van der Waals surface area (Å²) in [5.74, 6) is -3.39. The number of amides is 2. The first kappa shape index (κ1) is 14.9. The topological polar surface area (TPSA) is 58.2 Å². The number of hydrogen-bond acceptors (Lipinski definition) is 2. The molecule has 0 spiro atoms. The maximum absolute atomic E-state index is 12.6. The van der Waals surface area contributed by atoms with Crippen molar-refractivity contribution in [3.63, 3.8) is 0 Å². The van der Waals surface area contributed by atoms with Gasteiger partial charge in [-0.25, -0.2) is 4.39 Å². The highest BCUT2D eigenvalue weighted by Gasteiger charge is 2.38. The standard InChI is InChI=1S/C11H10F4N2O2/c12-8-3-1-7(2-4-8)5-16-9(18)6-17-10(19)11(13,14)15/h1-4H,5-6H2,(H,16,18)(H,17,19). The summed E-state index contributed by atoms with van der Waals surface area (Å²) in [5.41, 5.74) is 0.580. The lowest BCUT2D eigenvalue weighted by molar-refractivity contribution is -0.173. The average Bonchev–Trinajstić information content (AvgIpc) is 2.34. The summed E-state index contributed by atoms with van der Waals surface area (Å²) < 4.78 is 48.0. The van der Waals surface area contributed by atoms with Crippen molar-refractivity contribution < 1.29 is 27.2 Å². The van der Waals surface area contributed by atoms with Gasteiger partial charge in [-0.2, -0.15) is 13.2 Å². The molecule has 4 nitrogen and oxygen atoms in total. The molecule has 104 valence electrons. The van der Waals surface area contributed by atoms with E-state index in [-0.39, 0.29) is 6.54 Å². The molecule has 1 rings (SSSR count). The smallest absolute Gasteiger partial charge is 0.350 e. The molecule has 1 aromatic rings. The van der Waals surface area contributed by atoms with E-state index in [2.05, 4.69) is 5.32 Å². The summed E-state index contributed by atoms with van der Waals surface area (Å²) in [7, 11) is 0. The van der Waals surface area contributed by atoms with Gasteiger partial charge in [0.25, 0.3) is 0 Å². The number of rotatable bonds is 4. The number of carbonyl (C=O) groups is 2. The van der Waals surface area contributed by atoms with Gasteiger partial charge in [0.15, 0.2) is 0 Å². The van der Waals surface area contributed by atoms with Crippen molar-refractivity contribution in [2.75, 3.05) is 6.54 Å². The maximum atomic E-state index is 12.6. The van der Waals surface area contributed by atoms with Crippen LogP contribution in [0.4, 0.5) is 17.6 Å². The van der Waals surface area contributed by atoms with Crippen LogP contribution in [0, 0.1) is 5.82 Å². The molecule has 0 fully saturated rings. The first-order valence-corrected chi connectivity index (χ1v) is 5.15. The molecular formula is C11H10F4N2O2. The number of alkyl halides is 3. The van der Waals surface area contributed by atoms with E-state index in [1.807, 2.05) is 0 Å². The highest BCUT2D eigenvalue weighted by atomic mass is 19.4. The molecule has 0 aliphatic rings. The predicted octanol–water partition coefficient (Wildman–Crippen LogP) is 1.12. The number of halogens is 4. The van der Waals surface area contributed by atoms with Gasteiger partial charge in [-0.05, 0) is 17.7 Å². The van der Waals surface area contributed by atoms with Gasteiger partial charge in [0.2, 0.25) is 5.91 Å². The van der Waals surface area contributed by atoms with Gasteiger partial charge in [0, 0.05) is 6.54 Å². The monoisotopic (exact) mass is 278 g/mol. The summed E-state index contributed by atoms with van der Waals surface area (Å²) >= 11 is 0. The van der Waals surface area contributed by atoms with Crippen LogP contribution in [0.1, 0.15) is 5.56 Å². The molecule has 0 saturated heterocycles. The maximum Gasteiger partial charge on any atom is 0.471 e. The highest BCUT2D eigenvalue weighted by Crippen LogP contribution is 2.13. The Bertz CT molecular complexity index is 457. The van der Waals surface area contributed by atoms with Crippen molar-refractivity contribution in [3.8, 4) is 0 Å². The fourth-order valence-electron chi connectivity index (χ4n) is 1.13. The van der Waals surface area contributed by atoms with E-state index >= 15 is 0 Å². The zero-order valence-electron chi connectivity index (χ0n) is 9.55. The zero-order valence-corrected chi connectivity index (χ0v) is 9.55. The molecule has 8 heteroatoms. The molecule has 0 aliphatic heterocycles. The van der Waals surface area contributed by atoms with Crippen LogP contribution >= 0.6 is 0 Å². The van der Waals surface area contributed by atoms with Crippen LogP contribution < -0.4 is 10.6 Å². The quantitative estimate of drug-likeness (QED) is 0.811. The second-order valence-electron chi connectivity index (χ2n) is 3.58. The molecule has 0 aliphatic carbocycles. The molecule has 0 bridgehead atoms. The number of benzene rings is 1. The van der Waals surface area contributed by atoms with E-state index in [1.54, 1.807) is 0 Å². The second kappa shape index (κ2) is 6.17. The third kappa shape index (κ3) is 5.36. The molecule has 0 saturated carbocycles. The number of nitrogens with one attached hydrogen (secondary N) is 2. The summed E-state index contributed by atoms with van der Waals surface area (Å²) in [5, 5.41) is 3.71. The van der Waals surface area contributed by atoms with Crippen molar-refractivity contribution in [2.45, 2.75) is 12.7 Å². The van der Waals surface area contributed by atoms with Gasteiger partial charge in [0.1, 0.15) is 5.82 Å². The Morgan fingerprint density at radius 2 is 1.63 bits per heavy atom. The Hall–Kier alpha value is -2.12. The van der Waals surface area contributed by atoms with Crippen LogP contribution in [-0.4, -0.2) is 24.5 Å². The summed E-state index contributed by atoms with van der Waals surface area (Å²) in [4.78, 5) is 21.6. The summed E-state index contributed by atoms with van der Waals surface area (Å²) in [6.45, 7) is -0.749. The van der Waals surface area contributed by atoms with Gasteiger partial charge in [0.05, 0.1) is 6.54 Å². The number of hydrogen-bond donors (Lipinski definition) is 2. The SMILES string of the molecule is O=C(CNC(=O)C(F)(F)F)NCc1ccc(F)cc1. The van der Waals surface area contributed by atoms with E-state index in [0.717, 1.165) is 0 Å². The van der Waals surface area contributed by atoms with Crippen LogP contribution in [0.5, 0.6) is 0 Å². The molecule has 0 atom stereocenters. The van der Waals surface area contributed by atoms with E-state index in [4.69, 9.17) is 0 Å². The normalized spacial score (nSPS) is 10.9. The van der Waals surface area contributed by atoms with Crippen LogP contribution in [0.15, 0.2) is 24.3 Å². The first-order valence-electron chi connectivity index (χ1n) is 5.15. The van der Waals surface area contributed by atoms with Crippen molar-refractivity contribution in [3.05, 3.63) is 35.6 Å². The lowest BCUT2D eigenvalue weighted by atomic mass is 10.2. The van der Waals surface area contributed by atoms with Gasteiger partial charge >= 0.3 is 12.1 Å². The molecule has 2 N–H and O–H groups in total. The summed E-state index contributed by atoms with van der Waals surface area (Å²) in [6, 6.07) is 5.22. The van der Waals surface area contributed by atoms with E-state index in [1.165, 1.54) is 29.6 Å². The fourth-order valence-corrected chi connectivity index (χ4v) is 1.13. The van der Waals surface area contributed by atoms with Crippen LogP contribution in [0.25, 0.3) is 0 Å². The molecule has 0 aromatic heterocycles.